The van der Waals surface area contributed by atoms with Crippen LogP contribution in [0.2, 0.25) is 0 Å². The van der Waals surface area contributed by atoms with Crippen molar-refractivity contribution in [1.82, 2.24) is 0 Å². The second-order valence-corrected chi connectivity index (χ2v) is 7.76. The van der Waals surface area contributed by atoms with Gasteiger partial charge in [0.2, 0.25) is 0 Å². The van der Waals surface area contributed by atoms with Crippen molar-refractivity contribution >= 4 is 5.97 Å². The molecule has 1 fully saturated rings. The van der Waals surface area contributed by atoms with Crippen LogP contribution in [0.15, 0.2) is 24.3 Å². The van der Waals surface area contributed by atoms with Gasteiger partial charge in [0, 0.05) is 18.8 Å². The van der Waals surface area contributed by atoms with E-state index in [0.29, 0.717) is 19.3 Å². The SMILES string of the molecule is CCCCC[C@H](O)/C=C/[C@@H]1[C@@H](C/C=C\CCCCCC(=O)O)[C@H](O)C[C@@H]1O. The summed E-state index contributed by atoms with van der Waals surface area (Å²) < 4.78 is 0. The number of aliphatic hydroxyl groups excluding tert-OH is 3. The lowest BCUT2D eigenvalue weighted by atomic mass is 9.89. The van der Waals surface area contributed by atoms with Crippen molar-refractivity contribution < 1.29 is 25.2 Å². The highest BCUT2D eigenvalue weighted by molar-refractivity contribution is 5.66. The minimum absolute atomic E-state index is 0.0256. The molecule has 27 heavy (non-hydrogen) atoms. The number of carbonyl (C=O) groups is 1. The quantitative estimate of drug-likeness (QED) is 0.270. The first kappa shape index (κ1) is 23.9. The van der Waals surface area contributed by atoms with Crippen LogP contribution in [-0.2, 0) is 4.79 Å². The van der Waals surface area contributed by atoms with E-state index < -0.39 is 24.3 Å². The monoisotopic (exact) mass is 382 g/mol. The van der Waals surface area contributed by atoms with Gasteiger partial charge >= 0.3 is 5.97 Å². The van der Waals surface area contributed by atoms with Crippen LogP contribution < -0.4 is 0 Å². The Balaban J connectivity index is 2.37. The first-order chi connectivity index (χ1) is 13.0. The fourth-order valence-electron chi connectivity index (χ4n) is 3.75. The summed E-state index contributed by atoms with van der Waals surface area (Å²) in [7, 11) is 0. The number of unbranched alkanes of at least 4 members (excludes halogenated alkanes) is 5. The smallest absolute Gasteiger partial charge is 0.303 e. The Kier molecular flexibility index (Phi) is 12.3. The zero-order valence-corrected chi connectivity index (χ0v) is 16.7. The van der Waals surface area contributed by atoms with Crippen LogP contribution in [0.4, 0.5) is 0 Å². The van der Waals surface area contributed by atoms with Gasteiger partial charge in [0.05, 0.1) is 18.3 Å². The lowest BCUT2D eigenvalue weighted by Crippen LogP contribution is -2.20. The van der Waals surface area contributed by atoms with E-state index in [1.807, 2.05) is 6.08 Å². The molecule has 0 bridgehead atoms. The molecule has 0 spiro atoms. The molecule has 156 valence electrons. The Labute approximate surface area is 163 Å². The van der Waals surface area contributed by atoms with Gasteiger partial charge in [-0.1, -0.05) is 56.9 Å². The Hall–Kier alpha value is -1.17. The Morgan fingerprint density at radius 1 is 1.07 bits per heavy atom. The summed E-state index contributed by atoms with van der Waals surface area (Å²) in [6.07, 6.45) is 15.0. The fraction of sp³-hybridized carbons (Fsp3) is 0.773. The molecule has 1 saturated carbocycles. The highest BCUT2D eigenvalue weighted by Gasteiger charge is 2.39. The van der Waals surface area contributed by atoms with E-state index in [1.54, 1.807) is 6.08 Å². The predicted octanol–water partition coefficient (Wildman–Crippen LogP) is 3.82. The second kappa shape index (κ2) is 13.9. The van der Waals surface area contributed by atoms with E-state index in [0.717, 1.165) is 44.9 Å². The van der Waals surface area contributed by atoms with Gasteiger partial charge in [-0.25, -0.2) is 0 Å². The Bertz CT molecular complexity index is 460. The van der Waals surface area contributed by atoms with Gasteiger partial charge in [-0.3, -0.25) is 4.79 Å². The highest BCUT2D eigenvalue weighted by Crippen LogP contribution is 2.36. The topological polar surface area (TPSA) is 98.0 Å². The van der Waals surface area contributed by atoms with Gasteiger partial charge in [-0.2, -0.15) is 0 Å². The molecule has 1 rings (SSSR count). The Morgan fingerprint density at radius 3 is 2.56 bits per heavy atom. The van der Waals surface area contributed by atoms with E-state index in [4.69, 9.17) is 5.11 Å². The average Bonchev–Trinajstić information content (AvgIpc) is 2.88. The summed E-state index contributed by atoms with van der Waals surface area (Å²) in [6.45, 7) is 2.13. The van der Waals surface area contributed by atoms with Crippen LogP contribution in [0.5, 0.6) is 0 Å². The van der Waals surface area contributed by atoms with Crippen molar-refractivity contribution in [1.29, 1.82) is 0 Å². The van der Waals surface area contributed by atoms with Crippen LogP contribution in [0.25, 0.3) is 0 Å². The number of carboxylic acid groups (broad SMARTS) is 1. The molecule has 5 nitrogen and oxygen atoms in total. The van der Waals surface area contributed by atoms with Crippen molar-refractivity contribution in [3.63, 3.8) is 0 Å². The molecule has 0 amide bonds. The second-order valence-electron chi connectivity index (χ2n) is 7.76. The van der Waals surface area contributed by atoms with Crippen LogP contribution in [-0.4, -0.2) is 44.7 Å². The van der Waals surface area contributed by atoms with E-state index in [-0.39, 0.29) is 18.3 Å². The van der Waals surface area contributed by atoms with Crippen LogP contribution in [0.3, 0.4) is 0 Å². The highest BCUT2D eigenvalue weighted by atomic mass is 16.4. The standard InChI is InChI=1S/C22H38O5/c1-2-3-8-11-17(23)14-15-19-18(20(24)16-21(19)25)12-9-6-4-5-7-10-13-22(26)27/h6,9,14-15,17-21,23-25H,2-5,7-8,10-13,16H2,1H3,(H,26,27)/b9-6-,15-14+/t17-,18+,19+,20+,21-/m0/s1. The number of aliphatic carboxylic acids is 1. The largest absolute Gasteiger partial charge is 0.481 e. The van der Waals surface area contributed by atoms with Gasteiger partial charge in [-0.05, 0) is 38.0 Å². The van der Waals surface area contributed by atoms with Gasteiger partial charge < -0.3 is 20.4 Å². The maximum Gasteiger partial charge on any atom is 0.303 e. The van der Waals surface area contributed by atoms with Crippen LogP contribution in [0.1, 0.15) is 77.6 Å². The average molecular weight is 383 g/mol. The van der Waals surface area contributed by atoms with E-state index >= 15 is 0 Å². The van der Waals surface area contributed by atoms with Gasteiger partial charge in [0.25, 0.3) is 0 Å². The minimum atomic E-state index is -0.742. The third kappa shape index (κ3) is 10.1. The summed E-state index contributed by atoms with van der Waals surface area (Å²) in [5, 5.41) is 39.1. The molecular weight excluding hydrogens is 344 g/mol. The van der Waals surface area contributed by atoms with Gasteiger partial charge in [0.1, 0.15) is 0 Å². The zero-order chi connectivity index (χ0) is 20.1. The molecule has 0 saturated heterocycles. The van der Waals surface area contributed by atoms with Crippen LogP contribution in [0, 0.1) is 11.8 Å². The lowest BCUT2D eigenvalue weighted by Gasteiger charge is -2.19. The third-order valence-corrected chi connectivity index (χ3v) is 5.41. The predicted molar refractivity (Wildman–Crippen MR) is 107 cm³/mol. The van der Waals surface area contributed by atoms with Gasteiger partial charge in [-0.15, -0.1) is 0 Å². The molecule has 5 atom stereocenters. The summed E-state index contributed by atoms with van der Waals surface area (Å²) in [4.78, 5) is 10.5. The number of allylic oxidation sites excluding steroid dienone is 2. The number of aliphatic hydroxyl groups is 3. The maximum absolute atomic E-state index is 10.5. The van der Waals surface area contributed by atoms with Crippen molar-refractivity contribution in [2.24, 2.45) is 11.8 Å². The third-order valence-electron chi connectivity index (χ3n) is 5.41. The zero-order valence-electron chi connectivity index (χ0n) is 16.7. The number of hydrogen-bond donors (Lipinski definition) is 4. The molecule has 5 heteroatoms. The van der Waals surface area contributed by atoms with Crippen molar-refractivity contribution in [2.75, 3.05) is 0 Å². The first-order valence-electron chi connectivity index (χ1n) is 10.5. The molecule has 0 aromatic rings. The fourth-order valence-corrected chi connectivity index (χ4v) is 3.75. The molecule has 0 aliphatic heterocycles. The summed E-state index contributed by atoms with van der Waals surface area (Å²) in [5.74, 6) is -0.891. The summed E-state index contributed by atoms with van der Waals surface area (Å²) in [6, 6.07) is 0. The molecule has 0 aromatic carbocycles. The molecule has 1 aliphatic carbocycles. The van der Waals surface area contributed by atoms with Crippen LogP contribution >= 0.6 is 0 Å². The summed E-state index contributed by atoms with van der Waals surface area (Å²) >= 11 is 0. The van der Waals surface area contributed by atoms with Crippen molar-refractivity contribution in [3.8, 4) is 0 Å². The minimum Gasteiger partial charge on any atom is -0.481 e. The number of carboxylic acids is 1. The first-order valence-corrected chi connectivity index (χ1v) is 10.5. The summed E-state index contributed by atoms with van der Waals surface area (Å²) in [5.41, 5.74) is 0. The normalized spacial score (nSPS) is 27.0. The Morgan fingerprint density at radius 2 is 1.85 bits per heavy atom. The van der Waals surface area contributed by atoms with E-state index in [2.05, 4.69) is 19.1 Å². The van der Waals surface area contributed by atoms with E-state index in [9.17, 15) is 20.1 Å². The van der Waals surface area contributed by atoms with Crippen molar-refractivity contribution in [2.45, 2.75) is 95.9 Å². The van der Waals surface area contributed by atoms with E-state index in [1.165, 1.54) is 0 Å². The number of rotatable bonds is 14. The van der Waals surface area contributed by atoms with Gasteiger partial charge in [0.15, 0.2) is 0 Å². The molecule has 0 radical (unpaired) electrons. The lowest BCUT2D eigenvalue weighted by molar-refractivity contribution is -0.137. The molecule has 1 aliphatic rings. The maximum atomic E-state index is 10.5. The molecule has 4 N–H and O–H groups in total. The number of hydrogen-bond acceptors (Lipinski definition) is 4. The van der Waals surface area contributed by atoms with Crippen molar-refractivity contribution in [3.05, 3.63) is 24.3 Å². The molecule has 0 aromatic heterocycles. The molecule has 0 heterocycles. The molecule has 0 unspecified atom stereocenters. The molecular formula is C22H38O5.